The fourth-order valence-electron chi connectivity index (χ4n) is 3.65. The van der Waals surface area contributed by atoms with Crippen molar-refractivity contribution in [3.05, 3.63) is 88.2 Å². The standard InChI is InChI=1S/C23H23N3O4/c27-21-11-5-6-14-26(21)15-17-12-13-20(30-17)23(29)25-19-10-4-3-9-18(19)22(28)24-16-7-1-2-8-16/h3-6,9-14,16H,1-2,7-8,15H2,(H,24,28)(H,25,29). The van der Waals surface area contributed by atoms with Gasteiger partial charge in [-0.2, -0.15) is 0 Å². The minimum Gasteiger partial charge on any atom is -0.454 e. The van der Waals surface area contributed by atoms with Crippen molar-refractivity contribution in [2.45, 2.75) is 38.3 Å². The molecule has 1 fully saturated rings. The van der Waals surface area contributed by atoms with Crippen molar-refractivity contribution < 1.29 is 14.0 Å². The summed E-state index contributed by atoms with van der Waals surface area (Å²) < 4.78 is 7.10. The fourth-order valence-corrected chi connectivity index (χ4v) is 3.65. The Kier molecular flexibility index (Phi) is 5.79. The molecular formula is C23H23N3O4. The van der Waals surface area contributed by atoms with Crippen molar-refractivity contribution in [2.24, 2.45) is 0 Å². The van der Waals surface area contributed by atoms with Crippen LogP contribution in [0.2, 0.25) is 0 Å². The smallest absolute Gasteiger partial charge is 0.291 e. The van der Waals surface area contributed by atoms with Crippen LogP contribution in [0.5, 0.6) is 0 Å². The van der Waals surface area contributed by atoms with E-state index in [0.29, 0.717) is 17.0 Å². The van der Waals surface area contributed by atoms with Crippen LogP contribution in [0.15, 0.2) is 70.0 Å². The SMILES string of the molecule is O=C(Nc1ccccc1C(=O)NC1CCCC1)c1ccc(Cn2ccccc2=O)o1. The highest BCUT2D eigenvalue weighted by Crippen LogP contribution is 2.21. The number of nitrogens with zero attached hydrogens (tertiary/aromatic N) is 1. The van der Waals surface area contributed by atoms with Gasteiger partial charge in [0, 0.05) is 18.3 Å². The Balaban J connectivity index is 1.45. The summed E-state index contributed by atoms with van der Waals surface area (Å²) in [7, 11) is 0. The molecular weight excluding hydrogens is 382 g/mol. The van der Waals surface area contributed by atoms with E-state index in [4.69, 9.17) is 4.42 Å². The molecule has 0 bridgehead atoms. The lowest BCUT2D eigenvalue weighted by Crippen LogP contribution is -2.33. The van der Waals surface area contributed by atoms with E-state index in [1.54, 1.807) is 54.7 Å². The van der Waals surface area contributed by atoms with E-state index in [2.05, 4.69) is 10.6 Å². The molecule has 0 aliphatic heterocycles. The van der Waals surface area contributed by atoms with Crippen LogP contribution in [0, 0.1) is 0 Å². The average Bonchev–Trinajstić information content (AvgIpc) is 3.42. The Morgan fingerprint density at radius 1 is 0.967 bits per heavy atom. The van der Waals surface area contributed by atoms with Crippen molar-refractivity contribution in [3.8, 4) is 0 Å². The molecule has 7 heteroatoms. The maximum absolute atomic E-state index is 12.7. The molecule has 1 aliphatic carbocycles. The normalized spacial score (nSPS) is 13.9. The zero-order valence-corrected chi connectivity index (χ0v) is 16.5. The predicted molar refractivity (Wildman–Crippen MR) is 113 cm³/mol. The summed E-state index contributed by atoms with van der Waals surface area (Å²) in [4.78, 5) is 37.2. The number of aromatic nitrogens is 1. The van der Waals surface area contributed by atoms with Crippen LogP contribution in [-0.4, -0.2) is 22.4 Å². The van der Waals surface area contributed by atoms with Crippen molar-refractivity contribution >= 4 is 17.5 Å². The van der Waals surface area contributed by atoms with Gasteiger partial charge in [0.2, 0.25) is 0 Å². The summed E-state index contributed by atoms with van der Waals surface area (Å²) in [5, 5.41) is 5.80. The highest BCUT2D eigenvalue weighted by molar-refractivity contribution is 6.07. The number of anilines is 1. The molecule has 3 aromatic rings. The van der Waals surface area contributed by atoms with E-state index in [1.165, 1.54) is 10.6 Å². The van der Waals surface area contributed by atoms with Crippen LogP contribution in [0.1, 0.15) is 52.4 Å². The first-order chi connectivity index (χ1) is 14.6. The number of rotatable bonds is 6. The van der Waals surface area contributed by atoms with Gasteiger partial charge in [-0.3, -0.25) is 14.4 Å². The average molecular weight is 405 g/mol. The van der Waals surface area contributed by atoms with Gasteiger partial charge in [-0.25, -0.2) is 0 Å². The Morgan fingerprint density at radius 2 is 1.73 bits per heavy atom. The number of para-hydroxylation sites is 1. The number of nitrogens with one attached hydrogen (secondary N) is 2. The minimum absolute atomic E-state index is 0.111. The van der Waals surface area contributed by atoms with Crippen LogP contribution in [0.25, 0.3) is 0 Å². The lowest BCUT2D eigenvalue weighted by atomic mass is 10.1. The van der Waals surface area contributed by atoms with Crippen LogP contribution in [0.3, 0.4) is 0 Å². The summed E-state index contributed by atoms with van der Waals surface area (Å²) in [6.07, 6.45) is 5.88. The Labute approximate surface area is 173 Å². The molecule has 0 saturated heterocycles. The van der Waals surface area contributed by atoms with Gasteiger partial charge in [0.05, 0.1) is 17.8 Å². The molecule has 0 spiro atoms. The van der Waals surface area contributed by atoms with Gasteiger partial charge in [-0.05, 0) is 43.2 Å². The molecule has 7 nitrogen and oxygen atoms in total. The highest BCUT2D eigenvalue weighted by atomic mass is 16.4. The second kappa shape index (κ2) is 8.82. The van der Waals surface area contributed by atoms with E-state index in [1.807, 2.05) is 0 Å². The first kappa shape index (κ1) is 19.7. The van der Waals surface area contributed by atoms with Gasteiger partial charge in [-0.1, -0.05) is 31.0 Å². The van der Waals surface area contributed by atoms with Gasteiger partial charge in [0.1, 0.15) is 5.76 Å². The van der Waals surface area contributed by atoms with Crippen LogP contribution in [-0.2, 0) is 6.54 Å². The number of amides is 2. The van der Waals surface area contributed by atoms with Crippen molar-refractivity contribution in [3.63, 3.8) is 0 Å². The molecule has 154 valence electrons. The number of carbonyl (C=O) groups is 2. The van der Waals surface area contributed by atoms with E-state index in [9.17, 15) is 14.4 Å². The number of hydrogen-bond donors (Lipinski definition) is 2. The van der Waals surface area contributed by atoms with Gasteiger partial charge < -0.3 is 19.6 Å². The summed E-state index contributed by atoms with van der Waals surface area (Å²) >= 11 is 0. The second-order valence-electron chi connectivity index (χ2n) is 7.39. The maximum atomic E-state index is 12.7. The topological polar surface area (TPSA) is 93.3 Å². The molecule has 2 N–H and O–H groups in total. The van der Waals surface area contributed by atoms with Gasteiger partial charge in [0.15, 0.2) is 5.76 Å². The molecule has 0 unspecified atom stereocenters. The molecule has 4 rings (SSSR count). The first-order valence-corrected chi connectivity index (χ1v) is 10.1. The Morgan fingerprint density at radius 3 is 2.53 bits per heavy atom. The predicted octanol–water partition coefficient (Wildman–Crippen LogP) is 3.41. The largest absolute Gasteiger partial charge is 0.454 e. The van der Waals surface area contributed by atoms with E-state index in [-0.39, 0.29) is 29.8 Å². The Hall–Kier alpha value is -3.61. The summed E-state index contributed by atoms with van der Waals surface area (Å²) in [5.41, 5.74) is 0.692. The van der Waals surface area contributed by atoms with Crippen molar-refractivity contribution in [1.82, 2.24) is 9.88 Å². The summed E-state index contributed by atoms with van der Waals surface area (Å²) in [5.74, 6) is -0.0511. The van der Waals surface area contributed by atoms with Crippen molar-refractivity contribution in [1.29, 1.82) is 0 Å². The zero-order valence-electron chi connectivity index (χ0n) is 16.5. The quantitative estimate of drug-likeness (QED) is 0.657. The first-order valence-electron chi connectivity index (χ1n) is 10.1. The number of pyridine rings is 1. The third-order valence-electron chi connectivity index (χ3n) is 5.22. The number of hydrogen-bond acceptors (Lipinski definition) is 4. The molecule has 30 heavy (non-hydrogen) atoms. The summed E-state index contributed by atoms with van der Waals surface area (Å²) in [6, 6.07) is 15.2. The monoisotopic (exact) mass is 405 g/mol. The second-order valence-corrected chi connectivity index (χ2v) is 7.39. The zero-order chi connectivity index (χ0) is 20.9. The van der Waals surface area contributed by atoms with Crippen LogP contribution < -0.4 is 16.2 Å². The van der Waals surface area contributed by atoms with Crippen molar-refractivity contribution in [2.75, 3.05) is 5.32 Å². The Bertz CT molecular complexity index is 1110. The molecule has 0 radical (unpaired) electrons. The molecule has 1 saturated carbocycles. The third-order valence-corrected chi connectivity index (χ3v) is 5.22. The van der Waals surface area contributed by atoms with Gasteiger partial charge >= 0.3 is 0 Å². The lowest BCUT2D eigenvalue weighted by Gasteiger charge is -2.14. The fraction of sp³-hybridized carbons (Fsp3) is 0.261. The lowest BCUT2D eigenvalue weighted by molar-refractivity contribution is 0.0938. The molecule has 1 aliphatic rings. The molecule has 2 amide bonds. The van der Waals surface area contributed by atoms with Crippen LogP contribution >= 0.6 is 0 Å². The van der Waals surface area contributed by atoms with Gasteiger partial charge in [-0.15, -0.1) is 0 Å². The number of furan rings is 1. The number of benzene rings is 1. The maximum Gasteiger partial charge on any atom is 0.291 e. The number of carbonyl (C=O) groups excluding carboxylic acids is 2. The van der Waals surface area contributed by atoms with E-state index >= 15 is 0 Å². The van der Waals surface area contributed by atoms with Crippen LogP contribution in [0.4, 0.5) is 5.69 Å². The van der Waals surface area contributed by atoms with E-state index < -0.39 is 5.91 Å². The third kappa shape index (κ3) is 4.51. The minimum atomic E-state index is -0.456. The summed E-state index contributed by atoms with van der Waals surface area (Å²) in [6.45, 7) is 0.229. The molecule has 2 heterocycles. The van der Waals surface area contributed by atoms with Gasteiger partial charge in [0.25, 0.3) is 17.4 Å². The molecule has 0 atom stereocenters. The highest BCUT2D eigenvalue weighted by Gasteiger charge is 2.21. The molecule has 1 aromatic carbocycles. The molecule has 2 aromatic heterocycles. The van der Waals surface area contributed by atoms with E-state index in [0.717, 1.165) is 25.7 Å².